The van der Waals surface area contributed by atoms with Gasteiger partial charge in [-0.2, -0.15) is 0 Å². The average molecular weight is 1260 g/mol. The fraction of sp³-hybridized carbons (Fsp3) is 0.988. The van der Waals surface area contributed by atoms with Gasteiger partial charge >= 0.3 is 0 Å². The van der Waals surface area contributed by atoms with E-state index >= 15 is 0 Å². The van der Waals surface area contributed by atoms with E-state index in [0.29, 0.717) is 50.7 Å². The molecule has 0 aromatic heterocycles. The van der Waals surface area contributed by atoms with Crippen molar-refractivity contribution >= 4 is 0 Å². The van der Waals surface area contributed by atoms with Gasteiger partial charge in [-0.3, -0.25) is 0 Å². The van der Waals surface area contributed by atoms with Crippen molar-refractivity contribution in [3.05, 3.63) is 11.4 Å². The number of hydrogen-bond acceptors (Lipinski definition) is 0. The van der Waals surface area contributed by atoms with Crippen molar-refractivity contribution in [2.45, 2.75) is 369 Å². The van der Waals surface area contributed by atoms with Gasteiger partial charge < -0.3 is 4.85 Å². The van der Waals surface area contributed by atoms with Crippen LogP contribution in [0.5, 0.6) is 0 Å². The van der Waals surface area contributed by atoms with Gasteiger partial charge in [0.25, 0.3) is 11.8 Å². The minimum atomic E-state index is -2.26. The molecule has 0 amide bonds. The molecule has 0 aromatic rings. The molecule has 5 unspecified atom stereocenters. The Kier molecular flexibility index (Phi) is 25.5. The maximum absolute atomic E-state index is 14.3. The van der Waals surface area contributed by atoms with Crippen LogP contribution in [-0.2, 0) is 0 Å². The summed E-state index contributed by atoms with van der Waals surface area (Å²) in [4.78, 5) is 4.24. The van der Waals surface area contributed by atoms with Crippen LogP contribution in [0.1, 0.15) is 346 Å². The molecule has 18 saturated carbocycles. The molecule has 12 bridgehead atoms. The van der Waals surface area contributed by atoms with Crippen LogP contribution in [0.25, 0.3) is 4.85 Å². The van der Waals surface area contributed by atoms with Gasteiger partial charge in [0.1, 0.15) is 5.67 Å². The standard InChI is InChI=1S/C16H28.C15H23N.C13H21F.C10H20.C9H18.2C7H10F2.3C2H6/c1-12(2)16-9-13(3)6-14(4,10-16)8-15(5,7-13)11-16;1-14(2,3)15(16-4)12-6-10-5-11(8-12)9-13(15)7-10;1-8(2)12-10-3-9-4-11(12)7-13(14,5-9)6-10;1-8(2)10-6-4-9(3)5-7-10;1-8-4-6-9(2,3)7-5-8;2*1-4-2-5-6(3-4)7(5,8)9;3*1-2/h12H,6-11H2,1-5H3;10-13H,5-9H2,1-3H3;8-12H,3-7H2,1-2H3;8-10H,4-7H2,1-3H3;8H,4-7H2,1-3H3;2*4-6H,2-3H2,1H3;3*1-2H3/t;;;;;4?,5-,6+;;;;. The molecule has 18 fully saturated rings. The molecular weight excluding hydrogens is 1110 g/mol. The zero-order valence-electron chi connectivity index (χ0n) is 63.2. The van der Waals surface area contributed by atoms with Crippen LogP contribution in [0, 0.1) is 157 Å². The second kappa shape index (κ2) is 29.5. The number of fused-ring (bicyclic) bond motifs is 2. The third kappa shape index (κ3) is 17.5. The smallest absolute Gasteiger partial charge is 0.254 e. The van der Waals surface area contributed by atoms with Gasteiger partial charge in [0.15, 0.2) is 0 Å². The largest absolute Gasteiger partial charge is 0.309 e. The predicted molar refractivity (Wildman–Crippen MR) is 373 cm³/mol. The summed E-state index contributed by atoms with van der Waals surface area (Å²) in [5.41, 5.74) is 2.76. The molecule has 1 nitrogen and oxygen atoms in total. The normalized spacial score (nSPS) is 46.2. The van der Waals surface area contributed by atoms with E-state index in [-0.39, 0.29) is 34.6 Å². The lowest BCUT2D eigenvalue weighted by Gasteiger charge is -2.70. The summed E-state index contributed by atoms with van der Waals surface area (Å²) in [6, 6.07) is 0. The van der Waals surface area contributed by atoms with Crippen LogP contribution in [0.4, 0.5) is 22.0 Å². The molecule has 0 aromatic carbocycles. The highest BCUT2D eigenvalue weighted by Crippen LogP contribution is 2.75. The predicted octanol–water partition coefficient (Wildman–Crippen LogP) is 27.3. The maximum atomic E-state index is 14.3. The van der Waals surface area contributed by atoms with Crippen molar-refractivity contribution < 1.29 is 22.0 Å². The van der Waals surface area contributed by atoms with Crippen LogP contribution >= 0.6 is 0 Å². The van der Waals surface area contributed by atoms with Crippen LogP contribution in [-0.4, -0.2) is 23.1 Å². The first-order valence-corrected chi connectivity index (χ1v) is 39.1. The molecule has 18 rings (SSSR count). The van der Waals surface area contributed by atoms with E-state index in [4.69, 9.17) is 6.57 Å². The summed E-state index contributed by atoms with van der Waals surface area (Å²) in [7, 11) is 0. The molecule has 0 saturated heterocycles. The van der Waals surface area contributed by atoms with Gasteiger partial charge in [0, 0.05) is 40.9 Å². The van der Waals surface area contributed by atoms with E-state index in [1.54, 1.807) is 0 Å². The van der Waals surface area contributed by atoms with Crippen molar-refractivity contribution in [2.75, 3.05) is 0 Å². The van der Waals surface area contributed by atoms with Gasteiger partial charge in [-0.25, -0.2) is 28.5 Å². The number of hydrogen-bond donors (Lipinski definition) is 0. The summed E-state index contributed by atoms with van der Waals surface area (Å²) < 4.78 is 64.0. The third-order valence-corrected chi connectivity index (χ3v) is 27.9. The van der Waals surface area contributed by atoms with E-state index in [0.717, 1.165) is 116 Å². The molecule has 520 valence electrons. The van der Waals surface area contributed by atoms with Crippen molar-refractivity contribution in [1.29, 1.82) is 0 Å². The summed E-state index contributed by atoms with van der Waals surface area (Å²) >= 11 is 0. The lowest BCUT2D eigenvalue weighted by atomic mass is 9.35. The van der Waals surface area contributed by atoms with E-state index in [1.807, 2.05) is 41.5 Å². The molecule has 18 aliphatic rings. The Morgan fingerprint density at radius 1 is 0.427 bits per heavy atom. The third-order valence-electron chi connectivity index (χ3n) is 27.9. The van der Waals surface area contributed by atoms with Crippen LogP contribution in [0.2, 0.25) is 0 Å². The molecule has 0 N–H and O–H groups in total. The molecule has 7 atom stereocenters. The highest BCUT2D eigenvalue weighted by molar-refractivity contribution is 5.21. The minimum Gasteiger partial charge on any atom is -0.309 e. The summed E-state index contributed by atoms with van der Waals surface area (Å²) in [5.74, 6) is 7.71. The molecule has 0 spiro atoms. The van der Waals surface area contributed by atoms with E-state index in [9.17, 15) is 22.0 Å². The molecule has 0 aliphatic heterocycles. The Morgan fingerprint density at radius 3 is 1.07 bits per heavy atom. The molecule has 0 heterocycles. The van der Waals surface area contributed by atoms with E-state index in [1.165, 1.54) is 135 Å². The van der Waals surface area contributed by atoms with Gasteiger partial charge in [-0.1, -0.05) is 192 Å². The first-order valence-electron chi connectivity index (χ1n) is 39.1. The summed E-state index contributed by atoms with van der Waals surface area (Å²) in [6.07, 6.45) is 36.1. The van der Waals surface area contributed by atoms with Crippen molar-refractivity contribution in [3.8, 4) is 0 Å². The first-order chi connectivity index (χ1) is 41.3. The fourth-order valence-electron chi connectivity index (χ4n) is 25.2. The lowest BCUT2D eigenvalue weighted by Crippen LogP contribution is -2.61. The quantitative estimate of drug-likeness (QED) is 0.196. The second-order valence-corrected chi connectivity index (χ2v) is 38.5. The van der Waals surface area contributed by atoms with Crippen molar-refractivity contribution in [2.24, 2.45) is 151 Å². The molecular formula is C83H148F5N. The zero-order valence-corrected chi connectivity index (χ0v) is 63.2. The van der Waals surface area contributed by atoms with Crippen LogP contribution < -0.4 is 0 Å². The van der Waals surface area contributed by atoms with E-state index < -0.39 is 17.5 Å². The van der Waals surface area contributed by atoms with Crippen molar-refractivity contribution in [3.63, 3.8) is 0 Å². The second-order valence-electron chi connectivity index (χ2n) is 38.5. The van der Waals surface area contributed by atoms with Crippen molar-refractivity contribution in [1.82, 2.24) is 0 Å². The summed E-state index contributed by atoms with van der Waals surface area (Å²) in [5, 5.41) is 0. The first kappa shape index (κ1) is 77.1. The lowest BCUT2D eigenvalue weighted by molar-refractivity contribution is -0.198. The average Bonchev–Trinajstić information content (AvgIpc) is 1.76. The topological polar surface area (TPSA) is 4.36 Å². The highest BCUT2D eigenvalue weighted by Gasteiger charge is 2.72. The number of halogens is 5. The van der Waals surface area contributed by atoms with Gasteiger partial charge in [0.2, 0.25) is 5.54 Å². The Balaban J connectivity index is 0.000000165. The number of alkyl halides is 5. The number of rotatable bonds is 3. The molecule has 6 heteroatoms. The van der Waals surface area contributed by atoms with E-state index in [2.05, 4.69) is 129 Å². The molecule has 0 radical (unpaired) electrons. The Labute approximate surface area is 550 Å². The SMILES string of the molecule is CC.CC.CC.CC(C)C12CC3(C)CC(C)(CC(C)(C3)C1)C2.CC(C)C1C2CC3CC1CC(F)(C3)C2.CC1CC2C(C1)C2(F)F.CC1CCC(C(C)C)CC1.CC1CCC(C)(C)CC1.CC1C[C@@H]2[C@H](C1)C2(F)F.[C-]#[N+]C1(C(C)(C)C)C2CC3CC(C2)CC1C3. The summed E-state index contributed by atoms with van der Waals surface area (Å²) in [6.45, 7) is 62.4. The zero-order chi connectivity index (χ0) is 67.1. The Bertz CT molecular complexity index is 2040. The van der Waals surface area contributed by atoms with Crippen LogP contribution in [0.15, 0.2) is 0 Å². The van der Waals surface area contributed by atoms with Gasteiger partial charge in [0.05, 0.1) is 0 Å². The monoisotopic (exact) mass is 1250 g/mol. The minimum absolute atomic E-state index is 0.0274. The highest BCUT2D eigenvalue weighted by atomic mass is 19.3. The number of nitrogens with zero attached hydrogens (tertiary/aromatic N) is 1. The van der Waals surface area contributed by atoms with Gasteiger partial charge in [-0.15, -0.1) is 0 Å². The molecule has 18 aliphatic carbocycles. The maximum Gasteiger partial charge on any atom is 0.254 e. The molecule has 89 heavy (non-hydrogen) atoms. The van der Waals surface area contributed by atoms with Gasteiger partial charge in [-0.05, 0) is 264 Å². The van der Waals surface area contributed by atoms with Crippen LogP contribution in [0.3, 0.4) is 0 Å². The Hall–Kier alpha value is -0.860. The Morgan fingerprint density at radius 2 is 0.787 bits per heavy atom. The fourth-order valence-corrected chi connectivity index (χ4v) is 25.2.